The Labute approximate surface area is 158 Å². The van der Waals surface area contributed by atoms with E-state index in [-0.39, 0.29) is 11.1 Å². The van der Waals surface area contributed by atoms with Gasteiger partial charge in [-0.1, -0.05) is 23.5 Å². The highest BCUT2D eigenvalue weighted by Crippen LogP contribution is 2.25. The minimum atomic E-state index is -0.959. The van der Waals surface area contributed by atoms with Crippen LogP contribution in [0.2, 0.25) is 0 Å². The molecule has 2 aromatic heterocycles. The molecule has 0 atom stereocenters. The number of hydrogen-bond acceptors (Lipinski definition) is 8. The fourth-order valence-electron chi connectivity index (χ4n) is 2.10. The quantitative estimate of drug-likeness (QED) is 0.481. The summed E-state index contributed by atoms with van der Waals surface area (Å²) in [6.07, 6.45) is 1.53. The van der Waals surface area contributed by atoms with Gasteiger partial charge in [0.15, 0.2) is 23.1 Å². The molecule has 26 heavy (non-hydrogen) atoms. The maximum atomic E-state index is 12.1. The summed E-state index contributed by atoms with van der Waals surface area (Å²) in [6.45, 7) is -0.564. The number of amides is 1. The molecule has 1 aromatic carbocycles. The predicted molar refractivity (Wildman–Crippen MR) is 97.8 cm³/mol. The normalized spacial score (nSPS) is 10.5. The summed E-state index contributed by atoms with van der Waals surface area (Å²) in [7, 11) is 1.44. The zero-order valence-corrected chi connectivity index (χ0v) is 15.7. The van der Waals surface area contributed by atoms with Crippen molar-refractivity contribution in [3.63, 3.8) is 0 Å². The number of methoxy groups -OCH3 is 1. The van der Waals surface area contributed by atoms with Gasteiger partial charge in [-0.3, -0.25) is 10.1 Å². The molecule has 0 aliphatic rings. The molecule has 0 bridgehead atoms. The first-order valence-electron chi connectivity index (χ1n) is 7.17. The number of halogens is 1. The van der Waals surface area contributed by atoms with Crippen molar-refractivity contribution >= 4 is 55.2 Å². The fourth-order valence-corrected chi connectivity index (χ4v) is 3.22. The molecule has 0 fully saturated rings. The molecule has 1 N–H and O–H groups in total. The second kappa shape index (κ2) is 7.67. The Kier molecular flexibility index (Phi) is 5.33. The van der Waals surface area contributed by atoms with Crippen LogP contribution in [0.4, 0.5) is 5.13 Å². The molecule has 134 valence electrons. The number of rotatable bonds is 5. The van der Waals surface area contributed by atoms with E-state index in [1.54, 1.807) is 18.2 Å². The number of ether oxygens (including phenoxy) is 2. The van der Waals surface area contributed by atoms with Crippen molar-refractivity contribution in [1.82, 2.24) is 4.98 Å². The van der Waals surface area contributed by atoms with E-state index in [0.717, 1.165) is 3.79 Å². The molecular formula is C16H11BrN2O6S. The second-order valence-corrected chi connectivity index (χ2v) is 7.33. The Morgan fingerprint density at radius 1 is 1.38 bits per heavy atom. The maximum absolute atomic E-state index is 12.1. The van der Waals surface area contributed by atoms with Crippen molar-refractivity contribution in [1.29, 1.82) is 0 Å². The van der Waals surface area contributed by atoms with Gasteiger partial charge in [0.05, 0.1) is 17.1 Å². The van der Waals surface area contributed by atoms with E-state index < -0.39 is 24.1 Å². The van der Waals surface area contributed by atoms with E-state index in [1.165, 1.54) is 30.7 Å². The number of benzene rings is 1. The van der Waals surface area contributed by atoms with Crippen LogP contribution >= 0.6 is 27.3 Å². The molecule has 0 saturated heterocycles. The van der Waals surface area contributed by atoms with Crippen molar-refractivity contribution in [3.05, 3.63) is 50.2 Å². The molecule has 0 radical (unpaired) electrons. The standard InChI is InChI=1S/C16H11BrN2O6S/c1-23-10-4-2-3-8-5-9(15(22)25-13(8)10)14(21)24-7-12(20)19-16-18-6-11(17)26-16/h2-6H,7H2,1H3,(H,18,19,20). The Hall–Kier alpha value is -2.72. The summed E-state index contributed by atoms with van der Waals surface area (Å²) in [6, 6.07) is 6.31. The third-order valence-corrected chi connectivity index (χ3v) is 4.61. The summed E-state index contributed by atoms with van der Waals surface area (Å²) >= 11 is 4.43. The molecule has 0 unspecified atom stereocenters. The average molecular weight is 439 g/mol. The van der Waals surface area contributed by atoms with Crippen molar-refractivity contribution in [2.24, 2.45) is 0 Å². The number of anilines is 1. The highest BCUT2D eigenvalue weighted by Gasteiger charge is 2.18. The van der Waals surface area contributed by atoms with Gasteiger partial charge in [-0.2, -0.15) is 0 Å². The zero-order valence-electron chi connectivity index (χ0n) is 13.3. The smallest absolute Gasteiger partial charge is 0.351 e. The van der Waals surface area contributed by atoms with Crippen LogP contribution in [0.5, 0.6) is 5.75 Å². The first-order valence-corrected chi connectivity index (χ1v) is 8.78. The molecule has 3 aromatic rings. The van der Waals surface area contributed by atoms with E-state index in [0.29, 0.717) is 16.3 Å². The van der Waals surface area contributed by atoms with E-state index in [2.05, 4.69) is 26.2 Å². The highest BCUT2D eigenvalue weighted by atomic mass is 79.9. The summed E-state index contributed by atoms with van der Waals surface area (Å²) in [5, 5.41) is 3.32. The van der Waals surface area contributed by atoms with Gasteiger partial charge in [0.25, 0.3) is 5.91 Å². The average Bonchev–Trinajstić information content (AvgIpc) is 3.03. The van der Waals surface area contributed by atoms with Crippen LogP contribution < -0.4 is 15.7 Å². The molecule has 0 aliphatic carbocycles. The lowest BCUT2D eigenvalue weighted by atomic mass is 10.2. The Balaban J connectivity index is 1.72. The van der Waals surface area contributed by atoms with Gasteiger partial charge in [-0.25, -0.2) is 14.6 Å². The van der Waals surface area contributed by atoms with Crippen molar-refractivity contribution in [3.8, 4) is 5.75 Å². The van der Waals surface area contributed by atoms with Gasteiger partial charge >= 0.3 is 11.6 Å². The number of aromatic nitrogens is 1. The number of hydrogen-bond donors (Lipinski definition) is 1. The topological polar surface area (TPSA) is 108 Å². The molecule has 0 spiro atoms. The number of fused-ring (bicyclic) bond motifs is 1. The molecular weight excluding hydrogens is 428 g/mol. The Bertz CT molecular complexity index is 1040. The largest absolute Gasteiger partial charge is 0.493 e. The third kappa shape index (κ3) is 3.92. The molecule has 3 rings (SSSR count). The molecule has 2 heterocycles. The van der Waals surface area contributed by atoms with E-state index >= 15 is 0 Å². The number of nitrogens with zero attached hydrogens (tertiary/aromatic N) is 1. The fraction of sp³-hybridized carbons (Fsp3) is 0.125. The Morgan fingerprint density at radius 2 is 2.19 bits per heavy atom. The van der Waals surface area contributed by atoms with Crippen LogP contribution in [0.3, 0.4) is 0 Å². The number of carbonyl (C=O) groups excluding carboxylic acids is 2. The lowest BCUT2D eigenvalue weighted by Gasteiger charge is -2.06. The lowest BCUT2D eigenvalue weighted by molar-refractivity contribution is -0.119. The number of thiazole rings is 1. The van der Waals surface area contributed by atoms with Crippen LogP contribution in [0.1, 0.15) is 10.4 Å². The number of esters is 1. The van der Waals surface area contributed by atoms with Gasteiger partial charge in [-0.05, 0) is 28.1 Å². The summed E-state index contributed by atoms with van der Waals surface area (Å²) in [4.78, 5) is 39.9. The van der Waals surface area contributed by atoms with Gasteiger partial charge in [0.2, 0.25) is 0 Å². The maximum Gasteiger partial charge on any atom is 0.351 e. The Morgan fingerprint density at radius 3 is 2.88 bits per heavy atom. The van der Waals surface area contributed by atoms with Crippen molar-refractivity contribution < 1.29 is 23.5 Å². The van der Waals surface area contributed by atoms with E-state index in [9.17, 15) is 14.4 Å². The van der Waals surface area contributed by atoms with Crippen molar-refractivity contribution in [2.75, 3.05) is 19.0 Å². The van der Waals surface area contributed by atoms with Gasteiger partial charge in [0.1, 0.15) is 5.56 Å². The number of para-hydroxylation sites is 1. The zero-order chi connectivity index (χ0) is 18.7. The molecule has 10 heteroatoms. The SMILES string of the molecule is COc1cccc2cc(C(=O)OCC(=O)Nc3ncc(Br)s3)c(=O)oc12. The summed E-state index contributed by atoms with van der Waals surface area (Å²) < 4.78 is 15.9. The summed E-state index contributed by atoms with van der Waals surface area (Å²) in [5.74, 6) is -1.17. The third-order valence-electron chi connectivity index (χ3n) is 3.22. The first-order chi connectivity index (χ1) is 12.5. The van der Waals surface area contributed by atoms with Gasteiger partial charge in [0, 0.05) is 5.39 Å². The molecule has 0 aliphatic heterocycles. The molecule has 8 nitrogen and oxygen atoms in total. The second-order valence-electron chi connectivity index (χ2n) is 4.92. The van der Waals surface area contributed by atoms with Crippen molar-refractivity contribution in [2.45, 2.75) is 0 Å². The van der Waals surface area contributed by atoms with Crippen LogP contribution in [-0.2, 0) is 9.53 Å². The van der Waals surface area contributed by atoms with Crippen LogP contribution in [0.25, 0.3) is 11.0 Å². The number of carbonyl (C=O) groups is 2. The van der Waals surface area contributed by atoms with E-state index in [1.807, 2.05) is 0 Å². The minimum absolute atomic E-state index is 0.226. The highest BCUT2D eigenvalue weighted by molar-refractivity contribution is 9.11. The van der Waals surface area contributed by atoms with Gasteiger partial charge in [-0.15, -0.1) is 0 Å². The molecule has 1 amide bonds. The molecule has 0 saturated carbocycles. The van der Waals surface area contributed by atoms with Crippen LogP contribution in [0, 0.1) is 0 Å². The first kappa shape index (κ1) is 18.1. The van der Waals surface area contributed by atoms with Crippen LogP contribution in [-0.4, -0.2) is 30.6 Å². The predicted octanol–water partition coefficient (Wildman–Crippen LogP) is 2.82. The van der Waals surface area contributed by atoms with Gasteiger partial charge < -0.3 is 13.9 Å². The van der Waals surface area contributed by atoms with E-state index in [4.69, 9.17) is 13.9 Å². The monoisotopic (exact) mass is 438 g/mol. The van der Waals surface area contributed by atoms with Crippen LogP contribution in [0.15, 0.2) is 43.5 Å². The number of nitrogens with one attached hydrogen (secondary N) is 1. The lowest BCUT2D eigenvalue weighted by Crippen LogP contribution is -2.23. The summed E-state index contributed by atoms with van der Waals surface area (Å²) in [5.41, 5.74) is -0.963. The minimum Gasteiger partial charge on any atom is -0.493 e.